The molecule has 0 aliphatic rings. The van der Waals surface area contributed by atoms with Crippen molar-refractivity contribution >= 4 is 27.2 Å². The van der Waals surface area contributed by atoms with E-state index in [9.17, 15) is 18.3 Å². The molecule has 148 valence electrons. The predicted octanol–water partition coefficient (Wildman–Crippen LogP) is 2.16. The van der Waals surface area contributed by atoms with Gasteiger partial charge in [0.05, 0.1) is 17.7 Å². The average Bonchev–Trinajstić information content (AvgIpc) is 3.02. The minimum Gasteiger partial charge on any atom is -0.492 e. The number of aryl methyl sites for hydroxylation is 1. The molecule has 9 nitrogen and oxygen atoms in total. The Bertz CT molecular complexity index is 1170. The molecular weight excluding hydrogens is 384 g/mol. The van der Waals surface area contributed by atoms with E-state index in [2.05, 4.69) is 9.97 Å². The number of carboxylic acid groups (broad SMARTS) is 1. The summed E-state index contributed by atoms with van der Waals surface area (Å²) in [5, 5.41) is 9.57. The zero-order chi connectivity index (χ0) is 20.6. The Hall–Kier alpha value is -2.98. The first kappa shape index (κ1) is 19.8. The van der Waals surface area contributed by atoms with Crippen molar-refractivity contribution in [2.45, 2.75) is 13.8 Å². The number of hydrogen-bond acceptors (Lipinski definition) is 6. The van der Waals surface area contributed by atoms with E-state index >= 15 is 0 Å². The molecule has 1 N–H and O–H groups in total. The van der Waals surface area contributed by atoms with Crippen molar-refractivity contribution in [1.29, 1.82) is 0 Å². The fourth-order valence-electron chi connectivity index (χ4n) is 2.77. The second kappa shape index (κ2) is 7.21. The highest BCUT2D eigenvalue weighted by atomic mass is 32.2. The third-order valence-electron chi connectivity index (χ3n) is 4.08. The summed E-state index contributed by atoms with van der Waals surface area (Å²) in [6, 6.07) is 7.85. The van der Waals surface area contributed by atoms with Crippen LogP contribution < -0.4 is 4.74 Å². The van der Waals surface area contributed by atoms with Crippen LogP contribution in [0.25, 0.3) is 22.6 Å². The Morgan fingerprint density at radius 3 is 2.54 bits per heavy atom. The zero-order valence-corrected chi connectivity index (χ0v) is 16.7. The number of hydrogen-bond donors (Lipinski definition) is 1. The number of nitrogens with zero attached hydrogens (tertiary/aromatic N) is 4. The molecule has 2 aromatic heterocycles. The number of pyridine rings is 1. The first-order valence-electron chi connectivity index (χ1n) is 8.47. The van der Waals surface area contributed by atoms with Crippen molar-refractivity contribution in [2.24, 2.45) is 0 Å². The second-order valence-corrected chi connectivity index (χ2v) is 8.19. The Labute approximate surface area is 162 Å². The lowest BCUT2D eigenvalue weighted by Crippen LogP contribution is -2.29. The Kier molecular flexibility index (Phi) is 5.09. The molecule has 1 aromatic carbocycles. The quantitative estimate of drug-likeness (QED) is 0.669. The van der Waals surface area contributed by atoms with Gasteiger partial charge in [-0.3, -0.25) is 0 Å². The largest absolute Gasteiger partial charge is 0.492 e. The molecule has 0 bridgehead atoms. The summed E-state index contributed by atoms with van der Waals surface area (Å²) in [6.07, 6.45) is 0. The maximum Gasteiger partial charge on any atom is 0.338 e. The van der Waals surface area contributed by atoms with Crippen molar-refractivity contribution in [3.63, 3.8) is 0 Å². The molecule has 0 saturated heterocycles. The summed E-state index contributed by atoms with van der Waals surface area (Å²) in [4.78, 5) is 20.4. The fraction of sp³-hybridized carbons (Fsp3) is 0.278. The molecule has 0 fully saturated rings. The topological polar surface area (TPSA) is 115 Å². The van der Waals surface area contributed by atoms with Gasteiger partial charge in [-0.2, -0.15) is 12.7 Å². The molecule has 0 atom stereocenters. The van der Waals surface area contributed by atoms with Crippen molar-refractivity contribution in [3.05, 3.63) is 41.6 Å². The minimum absolute atomic E-state index is 0.0310. The normalized spacial score (nSPS) is 11.9. The van der Waals surface area contributed by atoms with E-state index in [1.807, 2.05) is 0 Å². The molecular formula is C18H20N4O5S. The highest BCUT2D eigenvalue weighted by Gasteiger charge is 2.29. The van der Waals surface area contributed by atoms with Gasteiger partial charge in [-0.05, 0) is 38.1 Å². The summed E-state index contributed by atoms with van der Waals surface area (Å²) in [7, 11) is -1.25. The summed E-state index contributed by atoms with van der Waals surface area (Å²) in [5.74, 6) is -0.913. The molecule has 0 aliphatic heterocycles. The molecule has 10 heteroatoms. The van der Waals surface area contributed by atoms with Gasteiger partial charge in [-0.1, -0.05) is 6.07 Å². The standard InChI is InChI=1S/C18H20N4O5S/c1-5-27-14-8-6-7-13-16(14)20-17(22(13)28(25,26)21(3)4)15-12(18(23)24)10-9-11(2)19-15/h6-10H,5H2,1-4H3,(H,23,24). The van der Waals surface area contributed by atoms with Gasteiger partial charge in [0.15, 0.2) is 5.82 Å². The van der Waals surface area contributed by atoms with Gasteiger partial charge >= 0.3 is 16.2 Å². The number of ether oxygens (including phenoxy) is 1. The smallest absolute Gasteiger partial charge is 0.338 e. The van der Waals surface area contributed by atoms with Crippen LogP contribution in [0.5, 0.6) is 5.75 Å². The zero-order valence-electron chi connectivity index (χ0n) is 15.9. The van der Waals surface area contributed by atoms with Crippen LogP contribution in [0.4, 0.5) is 0 Å². The third-order valence-corrected chi connectivity index (χ3v) is 5.83. The highest BCUT2D eigenvalue weighted by Crippen LogP contribution is 2.33. The first-order valence-corrected chi connectivity index (χ1v) is 9.86. The molecule has 0 spiro atoms. The molecule has 0 amide bonds. The molecule has 3 rings (SSSR count). The van der Waals surface area contributed by atoms with E-state index in [0.29, 0.717) is 23.6 Å². The maximum atomic E-state index is 13.1. The van der Waals surface area contributed by atoms with Gasteiger partial charge in [0.1, 0.15) is 17.0 Å². The fourth-order valence-corrected chi connectivity index (χ4v) is 3.84. The summed E-state index contributed by atoms with van der Waals surface area (Å²) in [6.45, 7) is 3.86. The minimum atomic E-state index is -4.03. The van der Waals surface area contributed by atoms with Crippen LogP contribution in [0, 0.1) is 6.92 Å². The summed E-state index contributed by atoms with van der Waals surface area (Å²) in [5.41, 5.74) is 0.940. The summed E-state index contributed by atoms with van der Waals surface area (Å²) < 4.78 is 33.7. The van der Waals surface area contributed by atoms with E-state index < -0.39 is 16.2 Å². The number of benzene rings is 1. The van der Waals surface area contributed by atoms with Crippen molar-refractivity contribution < 1.29 is 23.1 Å². The van der Waals surface area contributed by atoms with Gasteiger partial charge in [0.2, 0.25) is 0 Å². The summed E-state index contributed by atoms with van der Waals surface area (Å²) >= 11 is 0. The van der Waals surface area contributed by atoms with Crippen molar-refractivity contribution in [2.75, 3.05) is 20.7 Å². The number of rotatable bonds is 6. The molecule has 0 aliphatic carbocycles. The second-order valence-electron chi connectivity index (χ2n) is 6.20. The Morgan fingerprint density at radius 2 is 1.93 bits per heavy atom. The number of para-hydroxylation sites is 1. The van der Waals surface area contributed by atoms with Crippen LogP contribution in [0.15, 0.2) is 30.3 Å². The lowest BCUT2D eigenvalue weighted by Gasteiger charge is -2.16. The number of imidazole rings is 1. The van der Waals surface area contributed by atoms with Crippen LogP contribution in [0.2, 0.25) is 0 Å². The number of fused-ring (bicyclic) bond motifs is 1. The predicted molar refractivity (Wildman–Crippen MR) is 104 cm³/mol. The lowest BCUT2D eigenvalue weighted by molar-refractivity contribution is 0.0697. The number of carboxylic acids is 1. The van der Waals surface area contributed by atoms with Gasteiger partial charge in [-0.25, -0.2) is 18.7 Å². The van der Waals surface area contributed by atoms with Crippen LogP contribution in [-0.2, 0) is 10.2 Å². The van der Waals surface area contributed by atoms with E-state index in [1.54, 1.807) is 38.1 Å². The highest BCUT2D eigenvalue weighted by molar-refractivity contribution is 7.87. The number of carbonyl (C=O) groups is 1. The van der Waals surface area contributed by atoms with Crippen LogP contribution in [-0.4, -0.2) is 58.4 Å². The Morgan fingerprint density at radius 1 is 1.21 bits per heavy atom. The number of aromatic carboxylic acids is 1. The van der Waals surface area contributed by atoms with Crippen molar-refractivity contribution in [1.82, 2.24) is 18.2 Å². The lowest BCUT2D eigenvalue weighted by atomic mass is 10.1. The first-order chi connectivity index (χ1) is 13.2. The molecule has 0 unspecified atom stereocenters. The average molecular weight is 404 g/mol. The molecule has 2 heterocycles. The van der Waals surface area contributed by atoms with E-state index in [4.69, 9.17) is 4.74 Å². The van der Waals surface area contributed by atoms with Gasteiger partial charge < -0.3 is 9.84 Å². The Balaban J connectivity index is 2.49. The SMILES string of the molecule is CCOc1cccc2c1nc(-c1nc(C)ccc1C(=O)O)n2S(=O)(=O)N(C)C. The van der Waals surface area contributed by atoms with E-state index in [-0.39, 0.29) is 22.6 Å². The maximum absolute atomic E-state index is 13.1. The van der Waals surface area contributed by atoms with Gasteiger partial charge in [-0.15, -0.1) is 0 Å². The van der Waals surface area contributed by atoms with E-state index in [0.717, 1.165) is 8.28 Å². The van der Waals surface area contributed by atoms with Crippen molar-refractivity contribution in [3.8, 4) is 17.3 Å². The van der Waals surface area contributed by atoms with Gasteiger partial charge in [0.25, 0.3) is 0 Å². The molecule has 3 aromatic rings. The third kappa shape index (κ3) is 3.20. The van der Waals surface area contributed by atoms with Gasteiger partial charge in [0, 0.05) is 19.8 Å². The van der Waals surface area contributed by atoms with Crippen LogP contribution in [0.1, 0.15) is 23.0 Å². The van der Waals surface area contributed by atoms with E-state index in [1.165, 1.54) is 20.2 Å². The molecule has 28 heavy (non-hydrogen) atoms. The van der Waals surface area contributed by atoms with Crippen LogP contribution in [0.3, 0.4) is 0 Å². The van der Waals surface area contributed by atoms with Crippen LogP contribution >= 0.6 is 0 Å². The monoisotopic (exact) mass is 404 g/mol. The number of aromatic nitrogens is 3. The molecule has 0 saturated carbocycles. The molecule has 0 radical (unpaired) electrons.